The van der Waals surface area contributed by atoms with E-state index in [0.717, 1.165) is 16.8 Å². The van der Waals surface area contributed by atoms with E-state index in [1.54, 1.807) is 38.3 Å². The van der Waals surface area contributed by atoms with Gasteiger partial charge >= 0.3 is 0 Å². The zero-order chi connectivity index (χ0) is 21.7. The van der Waals surface area contributed by atoms with Gasteiger partial charge in [-0.1, -0.05) is 17.7 Å². The number of benzene rings is 2. The number of carbonyl (C=O) groups excluding carboxylic acids is 2. The van der Waals surface area contributed by atoms with E-state index in [2.05, 4.69) is 20.8 Å². The van der Waals surface area contributed by atoms with Crippen LogP contribution < -0.4 is 15.4 Å². The van der Waals surface area contributed by atoms with Crippen LogP contribution in [0.3, 0.4) is 0 Å². The second-order valence-electron chi connectivity index (χ2n) is 6.95. The molecule has 0 unspecified atom stereocenters. The molecule has 2 N–H and O–H groups in total. The predicted molar refractivity (Wildman–Crippen MR) is 113 cm³/mol. The Morgan fingerprint density at radius 1 is 0.933 bits per heavy atom. The molecule has 8 heteroatoms. The first-order valence-corrected chi connectivity index (χ1v) is 9.61. The van der Waals surface area contributed by atoms with Crippen molar-refractivity contribution in [3.8, 4) is 11.4 Å². The van der Waals surface area contributed by atoms with Crippen molar-refractivity contribution in [3.05, 3.63) is 70.5 Å². The standard InChI is InChI=1S/C22H25N5O3/c1-14-5-10-19(15(2)13-14)27-25-16(3)20(26-27)22(29)24-12-11-23-21(28)17-6-8-18(30-4)9-7-17/h5-10,13H,11-12H2,1-4H3,(H,23,28)(H,24,29). The molecule has 2 aromatic carbocycles. The molecule has 3 rings (SSSR count). The van der Waals surface area contributed by atoms with Crippen molar-refractivity contribution in [2.75, 3.05) is 20.2 Å². The maximum atomic E-state index is 12.5. The van der Waals surface area contributed by atoms with E-state index in [-0.39, 0.29) is 24.1 Å². The Labute approximate surface area is 175 Å². The summed E-state index contributed by atoms with van der Waals surface area (Å²) < 4.78 is 5.08. The fourth-order valence-corrected chi connectivity index (χ4v) is 3.01. The number of hydrogen-bond donors (Lipinski definition) is 2. The Kier molecular flexibility index (Phi) is 6.46. The van der Waals surface area contributed by atoms with Crippen molar-refractivity contribution in [2.45, 2.75) is 20.8 Å². The lowest BCUT2D eigenvalue weighted by molar-refractivity contribution is 0.0924. The van der Waals surface area contributed by atoms with Gasteiger partial charge in [-0.15, -0.1) is 5.10 Å². The maximum absolute atomic E-state index is 12.5. The number of carbonyl (C=O) groups is 2. The highest BCUT2D eigenvalue weighted by Crippen LogP contribution is 2.15. The summed E-state index contributed by atoms with van der Waals surface area (Å²) in [7, 11) is 1.57. The number of methoxy groups -OCH3 is 1. The van der Waals surface area contributed by atoms with Crippen molar-refractivity contribution in [1.29, 1.82) is 0 Å². The topological polar surface area (TPSA) is 98.1 Å². The summed E-state index contributed by atoms with van der Waals surface area (Å²) in [4.78, 5) is 26.1. The average Bonchev–Trinajstić information content (AvgIpc) is 3.12. The van der Waals surface area contributed by atoms with Crippen molar-refractivity contribution in [2.24, 2.45) is 0 Å². The zero-order valence-corrected chi connectivity index (χ0v) is 17.5. The summed E-state index contributed by atoms with van der Waals surface area (Å²) in [6, 6.07) is 12.8. The summed E-state index contributed by atoms with van der Waals surface area (Å²) in [6.45, 7) is 6.31. The van der Waals surface area contributed by atoms with E-state index in [0.29, 0.717) is 23.6 Å². The highest BCUT2D eigenvalue weighted by atomic mass is 16.5. The SMILES string of the molecule is COc1ccc(C(=O)NCCNC(=O)c2nn(-c3ccc(C)cc3C)nc2C)cc1. The van der Waals surface area contributed by atoms with Gasteiger partial charge in [0, 0.05) is 18.7 Å². The Morgan fingerprint density at radius 2 is 1.60 bits per heavy atom. The van der Waals surface area contributed by atoms with Crippen LogP contribution >= 0.6 is 0 Å². The molecule has 0 saturated carbocycles. The van der Waals surface area contributed by atoms with Gasteiger partial charge < -0.3 is 15.4 Å². The summed E-state index contributed by atoms with van der Waals surface area (Å²) in [5.41, 5.74) is 4.32. The first-order chi connectivity index (χ1) is 14.4. The maximum Gasteiger partial charge on any atom is 0.273 e. The minimum Gasteiger partial charge on any atom is -0.497 e. The molecule has 0 bridgehead atoms. The van der Waals surface area contributed by atoms with Crippen molar-refractivity contribution >= 4 is 11.8 Å². The van der Waals surface area contributed by atoms with Gasteiger partial charge in [-0.25, -0.2) is 0 Å². The summed E-state index contributed by atoms with van der Waals surface area (Å²) in [5, 5.41) is 14.2. The van der Waals surface area contributed by atoms with Crippen LogP contribution in [0.2, 0.25) is 0 Å². The Balaban J connectivity index is 1.55. The molecular weight excluding hydrogens is 382 g/mol. The minimum atomic E-state index is -0.331. The molecule has 0 spiro atoms. The van der Waals surface area contributed by atoms with Crippen molar-refractivity contribution in [3.63, 3.8) is 0 Å². The Bertz CT molecular complexity index is 1060. The van der Waals surface area contributed by atoms with Crippen LogP contribution in [0.25, 0.3) is 5.69 Å². The molecule has 8 nitrogen and oxygen atoms in total. The predicted octanol–water partition coefficient (Wildman–Crippen LogP) is 2.36. The average molecular weight is 407 g/mol. The number of nitrogens with zero attached hydrogens (tertiary/aromatic N) is 3. The number of rotatable bonds is 7. The highest BCUT2D eigenvalue weighted by molar-refractivity contribution is 5.94. The van der Waals surface area contributed by atoms with E-state index < -0.39 is 0 Å². The fraction of sp³-hybridized carbons (Fsp3) is 0.273. The van der Waals surface area contributed by atoms with Crippen LogP contribution in [0, 0.1) is 20.8 Å². The Hall–Kier alpha value is -3.68. The van der Waals surface area contributed by atoms with Crippen LogP contribution in [0.15, 0.2) is 42.5 Å². The number of amides is 2. The van der Waals surface area contributed by atoms with Crippen LogP contribution in [-0.4, -0.2) is 47.0 Å². The lowest BCUT2D eigenvalue weighted by Crippen LogP contribution is -2.35. The molecule has 0 aliphatic rings. The summed E-state index contributed by atoms with van der Waals surface area (Å²) in [6.07, 6.45) is 0. The molecule has 3 aromatic rings. The number of aromatic nitrogens is 3. The molecule has 0 radical (unpaired) electrons. The summed E-state index contributed by atoms with van der Waals surface area (Å²) >= 11 is 0. The van der Waals surface area contributed by atoms with E-state index in [1.807, 2.05) is 32.0 Å². The molecule has 156 valence electrons. The van der Waals surface area contributed by atoms with Gasteiger partial charge in [-0.2, -0.15) is 9.90 Å². The van der Waals surface area contributed by atoms with Gasteiger partial charge in [0.2, 0.25) is 0 Å². The largest absolute Gasteiger partial charge is 0.497 e. The molecule has 0 aliphatic carbocycles. The van der Waals surface area contributed by atoms with Crippen LogP contribution in [0.1, 0.15) is 37.7 Å². The van der Waals surface area contributed by atoms with Crippen molar-refractivity contribution < 1.29 is 14.3 Å². The third-order valence-corrected chi connectivity index (χ3v) is 4.61. The lowest BCUT2D eigenvalue weighted by Gasteiger charge is -2.07. The third-order valence-electron chi connectivity index (χ3n) is 4.61. The van der Waals surface area contributed by atoms with Gasteiger partial charge in [0.25, 0.3) is 11.8 Å². The normalized spacial score (nSPS) is 10.5. The molecule has 0 saturated heterocycles. The second kappa shape index (κ2) is 9.21. The number of hydrogen-bond acceptors (Lipinski definition) is 5. The molecule has 30 heavy (non-hydrogen) atoms. The van der Waals surface area contributed by atoms with Gasteiger partial charge in [0.15, 0.2) is 5.69 Å². The molecule has 0 atom stereocenters. The second-order valence-corrected chi connectivity index (χ2v) is 6.95. The van der Waals surface area contributed by atoms with Gasteiger partial charge in [-0.3, -0.25) is 9.59 Å². The first kappa shape index (κ1) is 21.0. The van der Waals surface area contributed by atoms with E-state index in [9.17, 15) is 9.59 Å². The van der Waals surface area contributed by atoms with Crippen LogP contribution in [0.4, 0.5) is 0 Å². The van der Waals surface area contributed by atoms with E-state index in [4.69, 9.17) is 4.74 Å². The molecule has 2 amide bonds. The minimum absolute atomic E-state index is 0.219. The molecule has 1 aromatic heterocycles. The number of nitrogens with one attached hydrogen (secondary N) is 2. The van der Waals surface area contributed by atoms with Crippen LogP contribution in [-0.2, 0) is 0 Å². The molecular formula is C22H25N5O3. The van der Waals surface area contributed by atoms with Crippen LogP contribution in [0.5, 0.6) is 5.75 Å². The van der Waals surface area contributed by atoms with E-state index >= 15 is 0 Å². The third kappa shape index (κ3) is 4.83. The van der Waals surface area contributed by atoms with Gasteiger partial charge in [0.1, 0.15) is 5.75 Å². The smallest absolute Gasteiger partial charge is 0.273 e. The lowest BCUT2D eigenvalue weighted by atomic mass is 10.1. The quantitative estimate of drug-likeness (QED) is 0.586. The molecule has 1 heterocycles. The molecule has 0 fully saturated rings. The molecule has 0 aliphatic heterocycles. The van der Waals surface area contributed by atoms with Gasteiger partial charge in [0.05, 0.1) is 18.5 Å². The Morgan fingerprint density at radius 3 is 2.23 bits per heavy atom. The highest BCUT2D eigenvalue weighted by Gasteiger charge is 2.17. The first-order valence-electron chi connectivity index (χ1n) is 9.61. The van der Waals surface area contributed by atoms with Gasteiger partial charge in [-0.05, 0) is 56.7 Å². The number of aryl methyl sites for hydroxylation is 3. The monoisotopic (exact) mass is 407 g/mol. The summed E-state index contributed by atoms with van der Waals surface area (Å²) in [5.74, 6) is 0.133. The number of ether oxygens (including phenoxy) is 1. The fourth-order valence-electron chi connectivity index (χ4n) is 3.01. The van der Waals surface area contributed by atoms with E-state index in [1.165, 1.54) is 4.80 Å². The van der Waals surface area contributed by atoms with Crippen molar-refractivity contribution in [1.82, 2.24) is 25.6 Å². The zero-order valence-electron chi connectivity index (χ0n) is 17.5.